The molecule has 0 aliphatic rings. The molecule has 0 unspecified atom stereocenters. The van der Waals surface area contributed by atoms with E-state index >= 15 is 0 Å². The quantitative estimate of drug-likeness (QED) is 0.678. The average Bonchev–Trinajstić information content (AvgIpc) is 2.46. The SMILES string of the molecule is Cc1cc(Cl)ccc1OCC(=O)N/N=C/c1cccc(F)c1. The van der Waals surface area contributed by atoms with Gasteiger partial charge in [-0.2, -0.15) is 5.10 Å². The molecule has 2 aromatic rings. The predicted octanol–water partition coefficient (Wildman–Crippen LogP) is 3.32. The number of nitrogens with one attached hydrogen (secondary N) is 1. The van der Waals surface area contributed by atoms with Gasteiger partial charge in [0.1, 0.15) is 11.6 Å². The second-order valence-electron chi connectivity index (χ2n) is 4.55. The van der Waals surface area contributed by atoms with Crippen LogP contribution in [0.15, 0.2) is 47.6 Å². The highest BCUT2D eigenvalue weighted by atomic mass is 35.5. The Balaban J connectivity index is 1.83. The van der Waals surface area contributed by atoms with Crippen molar-refractivity contribution in [2.24, 2.45) is 5.10 Å². The Kier molecular flexibility index (Phi) is 5.49. The molecule has 0 radical (unpaired) electrons. The number of carbonyl (C=O) groups is 1. The molecule has 0 aliphatic heterocycles. The van der Waals surface area contributed by atoms with Crippen molar-refractivity contribution >= 4 is 23.7 Å². The maximum atomic E-state index is 12.9. The van der Waals surface area contributed by atoms with Gasteiger partial charge in [0.2, 0.25) is 0 Å². The lowest BCUT2D eigenvalue weighted by atomic mass is 10.2. The Morgan fingerprint density at radius 2 is 2.18 bits per heavy atom. The van der Waals surface area contributed by atoms with Crippen molar-refractivity contribution in [3.8, 4) is 5.75 Å². The van der Waals surface area contributed by atoms with E-state index in [-0.39, 0.29) is 12.4 Å². The Bertz CT molecular complexity index is 704. The van der Waals surface area contributed by atoms with Crippen LogP contribution in [0.4, 0.5) is 4.39 Å². The van der Waals surface area contributed by atoms with Gasteiger partial charge in [-0.05, 0) is 48.4 Å². The molecule has 0 saturated heterocycles. The van der Waals surface area contributed by atoms with E-state index in [2.05, 4.69) is 10.5 Å². The monoisotopic (exact) mass is 320 g/mol. The zero-order valence-electron chi connectivity index (χ0n) is 11.8. The lowest BCUT2D eigenvalue weighted by Crippen LogP contribution is -2.24. The standard InChI is InChI=1S/C16H14ClFN2O2/c1-11-7-13(17)5-6-15(11)22-10-16(21)20-19-9-12-3-2-4-14(18)8-12/h2-9H,10H2,1H3,(H,20,21)/b19-9+. The smallest absolute Gasteiger partial charge is 0.277 e. The molecule has 114 valence electrons. The van der Waals surface area contributed by atoms with Crippen molar-refractivity contribution in [1.82, 2.24) is 5.43 Å². The second-order valence-corrected chi connectivity index (χ2v) is 4.98. The Morgan fingerprint density at radius 1 is 1.36 bits per heavy atom. The minimum absolute atomic E-state index is 0.178. The van der Waals surface area contributed by atoms with Crippen LogP contribution in [0.3, 0.4) is 0 Å². The molecule has 0 atom stereocenters. The molecule has 0 spiro atoms. The summed E-state index contributed by atoms with van der Waals surface area (Å²) in [5, 5.41) is 4.34. The first-order chi connectivity index (χ1) is 10.5. The van der Waals surface area contributed by atoms with E-state index in [9.17, 15) is 9.18 Å². The van der Waals surface area contributed by atoms with Crippen molar-refractivity contribution in [2.75, 3.05) is 6.61 Å². The van der Waals surface area contributed by atoms with E-state index in [0.29, 0.717) is 16.3 Å². The largest absolute Gasteiger partial charge is 0.483 e. The van der Waals surface area contributed by atoms with Crippen molar-refractivity contribution in [3.63, 3.8) is 0 Å². The fourth-order valence-corrected chi connectivity index (χ4v) is 1.94. The van der Waals surface area contributed by atoms with Crippen molar-refractivity contribution in [1.29, 1.82) is 0 Å². The van der Waals surface area contributed by atoms with Crippen LogP contribution in [-0.2, 0) is 4.79 Å². The van der Waals surface area contributed by atoms with Gasteiger partial charge in [-0.3, -0.25) is 4.79 Å². The molecule has 6 heteroatoms. The number of amides is 1. The first-order valence-electron chi connectivity index (χ1n) is 6.51. The van der Waals surface area contributed by atoms with Gasteiger partial charge in [0, 0.05) is 5.02 Å². The summed E-state index contributed by atoms with van der Waals surface area (Å²) in [6.07, 6.45) is 1.36. The first-order valence-corrected chi connectivity index (χ1v) is 6.89. The van der Waals surface area contributed by atoms with Crippen LogP contribution in [0.5, 0.6) is 5.75 Å². The van der Waals surface area contributed by atoms with Crippen molar-refractivity contribution in [2.45, 2.75) is 6.92 Å². The maximum absolute atomic E-state index is 12.9. The van der Waals surface area contributed by atoms with Crippen molar-refractivity contribution in [3.05, 3.63) is 64.4 Å². The summed E-state index contributed by atoms with van der Waals surface area (Å²) in [5.41, 5.74) is 3.70. The van der Waals surface area contributed by atoms with Gasteiger partial charge in [-0.1, -0.05) is 23.7 Å². The number of ether oxygens (including phenoxy) is 1. The lowest BCUT2D eigenvalue weighted by Gasteiger charge is -2.08. The molecule has 2 rings (SSSR count). The summed E-state index contributed by atoms with van der Waals surface area (Å²) >= 11 is 5.84. The zero-order valence-corrected chi connectivity index (χ0v) is 12.6. The molecule has 0 aromatic heterocycles. The van der Waals surface area contributed by atoms with Crippen LogP contribution in [0.2, 0.25) is 5.02 Å². The number of hydrazone groups is 1. The molecule has 0 heterocycles. The minimum atomic E-state index is -0.415. The third-order valence-electron chi connectivity index (χ3n) is 2.75. The topological polar surface area (TPSA) is 50.7 Å². The van der Waals surface area contributed by atoms with Crippen LogP contribution in [0, 0.1) is 12.7 Å². The van der Waals surface area contributed by atoms with E-state index in [1.165, 1.54) is 18.3 Å². The molecule has 0 fully saturated rings. The highest BCUT2D eigenvalue weighted by Crippen LogP contribution is 2.21. The van der Waals surface area contributed by atoms with Gasteiger partial charge in [0.05, 0.1) is 6.21 Å². The second kappa shape index (κ2) is 7.56. The molecule has 4 nitrogen and oxygen atoms in total. The van der Waals surface area contributed by atoms with Crippen LogP contribution in [0.25, 0.3) is 0 Å². The van der Waals surface area contributed by atoms with Crippen LogP contribution in [-0.4, -0.2) is 18.7 Å². The summed E-state index contributed by atoms with van der Waals surface area (Å²) in [4.78, 5) is 11.6. The molecular formula is C16H14ClFN2O2. The minimum Gasteiger partial charge on any atom is -0.483 e. The number of halogens is 2. The predicted molar refractivity (Wildman–Crippen MR) is 83.8 cm³/mol. The van der Waals surface area contributed by atoms with Gasteiger partial charge in [0.25, 0.3) is 5.91 Å². The van der Waals surface area contributed by atoms with E-state index in [1.54, 1.807) is 30.3 Å². The fourth-order valence-electron chi connectivity index (χ4n) is 1.72. The maximum Gasteiger partial charge on any atom is 0.277 e. The molecule has 1 amide bonds. The molecule has 0 saturated carbocycles. The van der Waals surface area contributed by atoms with E-state index in [0.717, 1.165) is 5.56 Å². The number of carbonyl (C=O) groups excluding carboxylic acids is 1. The Hall–Kier alpha value is -2.40. The molecule has 2 aromatic carbocycles. The highest BCUT2D eigenvalue weighted by Gasteiger charge is 2.04. The fraction of sp³-hybridized carbons (Fsp3) is 0.125. The van der Waals surface area contributed by atoms with Gasteiger partial charge >= 0.3 is 0 Å². The van der Waals surface area contributed by atoms with Crippen LogP contribution >= 0.6 is 11.6 Å². The number of nitrogens with zero attached hydrogens (tertiary/aromatic N) is 1. The summed E-state index contributed by atoms with van der Waals surface area (Å²) in [6, 6.07) is 11.0. The first kappa shape index (κ1) is 16.0. The van der Waals surface area contributed by atoms with E-state index < -0.39 is 5.91 Å². The van der Waals surface area contributed by atoms with Crippen LogP contribution in [0.1, 0.15) is 11.1 Å². The Morgan fingerprint density at radius 3 is 2.91 bits per heavy atom. The van der Waals surface area contributed by atoms with Gasteiger partial charge in [0.15, 0.2) is 6.61 Å². The van der Waals surface area contributed by atoms with Gasteiger partial charge < -0.3 is 4.74 Å². The Labute approximate surface area is 132 Å². The lowest BCUT2D eigenvalue weighted by molar-refractivity contribution is -0.123. The summed E-state index contributed by atoms with van der Waals surface area (Å²) in [7, 11) is 0. The van der Waals surface area contributed by atoms with Crippen LogP contribution < -0.4 is 10.2 Å². The number of benzene rings is 2. The normalized spacial score (nSPS) is 10.7. The molecule has 1 N–H and O–H groups in total. The van der Waals surface area contributed by atoms with Gasteiger partial charge in [-0.25, -0.2) is 9.82 Å². The van der Waals surface area contributed by atoms with Gasteiger partial charge in [-0.15, -0.1) is 0 Å². The van der Waals surface area contributed by atoms with E-state index in [4.69, 9.17) is 16.3 Å². The number of aryl methyl sites for hydroxylation is 1. The zero-order chi connectivity index (χ0) is 15.9. The molecule has 0 bridgehead atoms. The number of rotatable bonds is 5. The summed E-state index contributed by atoms with van der Waals surface area (Å²) < 4.78 is 18.3. The summed E-state index contributed by atoms with van der Waals surface area (Å²) in [6.45, 7) is 1.66. The third-order valence-corrected chi connectivity index (χ3v) is 2.98. The average molecular weight is 321 g/mol. The molecule has 22 heavy (non-hydrogen) atoms. The number of hydrogen-bond donors (Lipinski definition) is 1. The summed E-state index contributed by atoms with van der Waals surface area (Å²) in [5.74, 6) is -0.201. The van der Waals surface area contributed by atoms with E-state index in [1.807, 2.05) is 6.92 Å². The molecular weight excluding hydrogens is 307 g/mol. The third kappa shape index (κ3) is 4.86. The number of hydrogen-bond acceptors (Lipinski definition) is 3. The van der Waals surface area contributed by atoms with Crippen molar-refractivity contribution < 1.29 is 13.9 Å². The highest BCUT2D eigenvalue weighted by molar-refractivity contribution is 6.30. The molecule has 0 aliphatic carbocycles.